The first kappa shape index (κ1) is 16.1. The van der Waals surface area contributed by atoms with Gasteiger partial charge in [0.05, 0.1) is 21.3 Å². The number of ether oxygens (including phenoxy) is 3. The Hall–Kier alpha value is -1.25. The Morgan fingerprint density at radius 2 is 1.57 bits per heavy atom. The summed E-state index contributed by atoms with van der Waals surface area (Å²) in [5.74, 6) is 1.65. The van der Waals surface area contributed by atoms with Crippen molar-refractivity contribution in [1.82, 2.24) is 0 Å². The van der Waals surface area contributed by atoms with Gasteiger partial charge in [-0.05, 0) is 18.5 Å². The number of hydrogen-bond acceptors (Lipinski definition) is 4. The van der Waals surface area contributed by atoms with Gasteiger partial charge in [-0.2, -0.15) is 0 Å². The van der Waals surface area contributed by atoms with E-state index >= 15 is 0 Å². The zero-order valence-electron chi connectivity index (χ0n) is 12.8. The fourth-order valence-electron chi connectivity index (χ4n) is 2.66. The van der Waals surface area contributed by atoms with Gasteiger partial charge in [0.2, 0.25) is 0 Å². The third-order valence-corrected chi connectivity index (χ3v) is 5.14. The van der Waals surface area contributed by atoms with Crippen LogP contribution in [0.1, 0.15) is 37.7 Å². The van der Waals surface area contributed by atoms with Crippen LogP contribution in [0.25, 0.3) is 0 Å². The molecule has 0 heterocycles. The van der Waals surface area contributed by atoms with E-state index in [0.29, 0.717) is 28.5 Å². The van der Waals surface area contributed by atoms with Crippen molar-refractivity contribution in [3.05, 3.63) is 17.7 Å². The molecular weight excluding hydrogens is 287 g/mol. The molecule has 0 amide bonds. The van der Waals surface area contributed by atoms with Gasteiger partial charge in [0.25, 0.3) is 0 Å². The van der Waals surface area contributed by atoms with Crippen molar-refractivity contribution >= 4 is 13.7 Å². The van der Waals surface area contributed by atoms with Crippen LogP contribution in [-0.4, -0.2) is 32.5 Å². The molecule has 0 unspecified atom stereocenters. The lowest BCUT2D eigenvalue weighted by Gasteiger charge is -2.24. The number of rotatable bonds is 5. The van der Waals surface area contributed by atoms with Crippen molar-refractivity contribution in [3.8, 4) is 17.2 Å². The Balaban J connectivity index is 2.38. The van der Waals surface area contributed by atoms with Gasteiger partial charge < -0.3 is 19.3 Å². The molecule has 1 aromatic carbocycles. The average Bonchev–Trinajstić information content (AvgIpc) is 2.54. The SMILES string of the molecule is COc1cc(OC)c(C([O-])=PC2CCCCC2)c(OC)c1. The maximum atomic E-state index is 12.7. The molecule has 1 aliphatic carbocycles. The van der Waals surface area contributed by atoms with E-state index in [0.717, 1.165) is 21.0 Å². The molecule has 21 heavy (non-hydrogen) atoms. The Bertz CT molecular complexity index is 482. The molecule has 0 radical (unpaired) electrons. The first-order valence-corrected chi connectivity index (χ1v) is 8.21. The molecule has 0 bridgehead atoms. The molecule has 0 aromatic heterocycles. The summed E-state index contributed by atoms with van der Waals surface area (Å²) in [4.78, 5) is 0. The topological polar surface area (TPSA) is 50.8 Å². The molecule has 0 atom stereocenters. The standard InChI is InChI=1S/C16H23O4P/c1-18-11-9-13(19-2)15(14(10-11)20-3)16(17)21-12-7-5-4-6-8-12/h9-10,12,17H,4-8H2,1-3H3/p-1. The molecule has 116 valence electrons. The molecular formula is C16H22O4P-. The molecule has 1 aromatic rings. The third-order valence-electron chi connectivity index (χ3n) is 3.80. The van der Waals surface area contributed by atoms with Crippen molar-refractivity contribution in [2.45, 2.75) is 37.8 Å². The summed E-state index contributed by atoms with van der Waals surface area (Å²) in [6, 6.07) is 3.46. The predicted octanol–water partition coefficient (Wildman–Crippen LogP) is 2.83. The van der Waals surface area contributed by atoms with Gasteiger partial charge in [-0.3, -0.25) is 0 Å². The van der Waals surface area contributed by atoms with E-state index in [2.05, 4.69) is 0 Å². The highest BCUT2D eigenvalue weighted by molar-refractivity contribution is 7.41. The molecule has 2 rings (SSSR count). The Morgan fingerprint density at radius 1 is 1.00 bits per heavy atom. The number of hydrogen-bond donors (Lipinski definition) is 0. The summed E-state index contributed by atoms with van der Waals surface area (Å²) >= 11 is 0. The Labute approximate surface area is 127 Å². The quantitative estimate of drug-likeness (QED) is 0.785. The van der Waals surface area contributed by atoms with Gasteiger partial charge in [0, 0.05) is 17.7 Å². The van der Waals surface area contributed by atoms with E-state index < -0.39 is 0 Å². The van der Waals surface area contributed by atoms with E-state index in [9.17, 15) is 5.11 Å². The minimum Gasteiger partial charge on any atom is -0.823 e. The Morgan fingerprint density at radius 3 is 2.05 bits per heavy atom. The molecule has 0 aliphatic heterocycles. The van der Waals surface area contributed by atoms with E-state index in [1.54, 1.807) is 33.5 Å². The highest BCUT2D eigenvalue weighted by Gasteiger charge is 2.15. The van der Waals surface area contributed by atoms with E-state index in [-0.39, 0.29) is 5.48 Å². The first-order valence-electron chi connectivity index (χ1n) is 7.24. The van der Waals surface area contributed by atoms with Crippen LogP contribution in [0.2, 0.25) is 0 Å². The van der Waals surface area contributed by atoms with Crippen molar-refractivity contribution in [2.24, 2.45) is 0 Å². The van der Waals surface area contributed by atoms with Crippen LogP contribution >= 0.6 is 8.20 Å². The van der Waals surface area contributed by atoms with Crippen LogP contribution in [0.4, 0.5) is 0 Å². The van der Waals surface area contributed by atoms with Gasteiger partial charge in [-0.15, -0.1) is 13.7 Å². The summed E-state index contributed by atoms with van der Waals surface area (Å²) < 4.78 is 15.9. The lowest BCUT2D eigenvalue weighted by atomic mass is 10.0. The van der Waals surface area contributed by atoms with Crippen LogP contribution in [0.5, 0.6) is 17.2 Å². The van der Waals surface area contributed by atoms with Crippen LogP contribution in [0.3, 0.4) is 0 Å². The van der Waals surface area contributed by atoms with E-state index in [4.69, 9.17) is 14.2 Å². The maximum absolute atomic E-state index is 12.7. The van der Waals surface area contributed by atoms with E-state index in [1.807, 2.05) is 0 Å². The lowest BCUT2D eigenvalue weighted by molar-refractivity contribution is -0.207. The minimum atomic E-state index is 0.0678. The van der Waals surface area contributed by atoms with Crippen LogP contribution < -0.4 is 19.3 Å². The summed E-state index contributed by atoms with van der Waals surface area (Å²) in [7, 11) is 5.54. The van der Waals surface area contributed by atoms with Crippen molar-refractivity contribution < 1.29 is 19.3 Å². The smallest absolute Gasteiger partial charge is 0.132 e. The maximum Gasteiger partial charge on any atom is 0.132 e. The molecule has 1 fully saturated rings. The van der Waals surface area contributed by atoms with Gasteiger partial charge >= 0.3 is 0 Å². The van der Waals surface area contributed by atoms with Crippen molar-refractivity contribution in [1.29, 1.82) is 0 Å². The highest BCUT2D eigenvalue weighted by Crippen LogP contribution is 2.36. The zero-order valence-corrected chi connectivity index (χ0v) is 13.7. The number of methoxy groups -OCH3 is 3. The van der Waals surface area contributed by atoms with Crippen molar-refractivity contribution in [3.63, 3.8) is 0 Å². The highest BCUT2D eigenvalue weighted by atomic mass is 31.1. The fraction of sp³-hybridized carbons (Fsp3) is 0.562. The monoisotopic (exact) mass is 309 g/mol. The third kappa shape index (κ3) is 3.90. The Kier molecular flexibility index (Phi) is 5.89. The molecule has 0 spiro atoms. The van der Waals surface area contributed by atoms with Gasteiger partial charge in [-0.25, -0.2) is 0 Å². The van der Waals surface area contributed by atoms with Gasteiger partial charge in [0.15, 0.2) is 0 Å². The summed E-state index contributed by atoms with van der Waals surface area (Å²) in [5.41, 5.74) is 1.05. The second kappa shape index (κ2) is 7.67. The summed E-state index contributed by atoms with van der Waals surface area (Å²) in [6.07, 6.45) is 6.00. The largest absolute Gasteiger partial charge is 0.823 e. The first-order chi connectivity index (χ1) is 10.2. The number of benzene rings is 1. The zero-order chi connectivity index (χ0) is 15.2. The second-order valence-electron chi connectivity index (χ2n) is 5.13. The van der Waals surface area contributed by atoms with Gasteiger partial charge in [-0.1, -0.05) is 19.3 Å². The normalized spacial score (nSPS) is 16.7. The lowest BCUT2D eigenvalue weighted by Crippen LogP contribution is -2.20. The summed E-state index contributed by atoms with van der Waals surface area (Å²) in [6.45, 7) is 0. The van der Waals surface area contributed by atoms with Crippen LogP contribution in [-0.2, 0) is 0 Å². The van der Waals surface area contributed by atoms with Gasteiger partial charge in [0.1, 0.15) is 17.2 Å². The molecule has 1 aliphatic rings. The van der Waals surface area contributed by atoms with Crippen LogP contribution in [0.15, 0.2) is 12.1 Å². The summed E-state index contributed by atoms with van der Waals surface area (Å²) in [5, 5.41) is 12.7. The second-order valence-corrected chi connectivity index (χ2v) is 6.53. The molecule has 4 nitrogen and oxygen atoms in total. The van der Waals surface area contributed by atoms with Crippen LogP contribution in [0, 0.1) is 0 Å². The molecule has 0 N–H and O–H groups in total. The minimum absolute atomic E-state index is 0.0678. The fourth-order valence-corrected chi connectivity index (χ4v) is 3.96. The van der Waals surface area contributed by atoms with Crippen molar-refractivity contribution in [2.75, 3.05) is 21.3 Å². The average molecular weight is 309 g/mol. The molecule has 1 saturated carbocycles. The predicted molar refractivity (Wildman–Crippen MR) is 84.0 cm³/mol. The molecule has 5 heteroatoms. The van der Waals surface area contributed by atoms with E-state index in [1.165, 1.54) is 19.3 Å². The molecule has 0 saturated heterocycles.